The van der Waals surface area contributed by atoms with E-state index >= 15 is 0 Å². The van der Waals surface area contributed by atoms with Crippen molar-refractivity contribution < 1.29 is 4.79 Å². The van der Waals surface area contributed by atoms with Crippen LogP contribution in [0.3, 0.4) is 0 Å². The van der Waals surface area contributed by atoms with Crippen LogP contribution in [-0.4, -0.2) is 29.3 Å². The Morgan fingerprint density at radius 1 is 1.06 bits per heavy atom. The molecule has 0 radical (unpaired) electrons. The van der Waals surface area contributed by atoms with Crippen LogP contribution in [0.5, 0.6) is 0 Å². The second kappa shape index (κ2) is 5.51. The zero-order valence-electron chi connectivity index (χ0n) is 13.2. The molecule has 0 aliphatic carbocycles. The highest BCUT2D eigenvalue weighted by Gasteiger charge is 2.36. The zero-order valence-corrected chi connectivity index (χ0v) is 13.2. The molecular weight excluding hydrogens is 210 g/mol. The second-order valence-corrected chi connectivity index (χ2v) is 7.54. The van der Waals surface area contributed by atoms with Gasteiger partial charge in [-0.2, -0.15) is 0 Å². The summed E-state index contributed by atoms with van der Waals surface area (Å²) in [6.07, 6.45) is 0.934. The van der Waals surface area contributed by atoms with Gasteiger partial charge in [0.05, 0.1) is 6.04 Å². The molecule has 0 aromatic carbocycles. The van der Waals surface area contributed by atoms with E-state index in [-0.39, 0.29) is 17.0 Å². The molecule has 17 heavy (non-hydrogen) atoms. The first-order valence-electron chi connectivity index (χ1n) is 6.64. The van der Waals surface area contributed by atoms with Crippen molar-refractivity contribution in [3.63, 3.8) is 0 Å². The summed E-state index contributed by atoms with van der Waals surface area (Å²) in [6.45, 7) is 16.9. The van der Waals surface area contributed by atoms with Crippen molar-refractivity contribution in [2.45, 2.75) is 73.4 Å². The van der Waals surface area contributed by atoms with Crippen molar-refractivity contribution >= 4 is 5.78 Å². The lowest BCUT2D eigenvalue weighted by Crippen LogP contribution is -2.52. The van der Waals surface area contributed by atoms with Gasteiger partial charge in [0.2, 0.25) is 0 Å². The van der Waals surface area contributed by atoms with Gasteiger partial charge in [0.25, 0.3) is 0 Å². The molecule has 2 nitrogen and oxygen atoms in total. The topological polar surface area (TPSA) is 20.3 Å². The van der Waals surface area contributed by atoms with E-state index in [2.05, 4.69) is 46.6 Å². The first-order valence-corrected chi connectivity index (χ1v) is 6.64. The number of Topliss-reactive ketones (excluding diaryl/α,β-unsaturated/α-hetero) is 1. The van der Waals surface area contributed by atoms with E-state index in [1.807, 2.05) is 20.8 Å². The minimum Gasteiger partial charge on any atom is -0.297 e. The van der Waals surface area contributed by atoms with Crippen molar-refractivity contribution in [1.82, 2.24) is 4.90 Å². The first kappa shape index (κ1) is 16.6. The van der Waals surface area contributed by atoms with E-state index in [1.54, 1.807) is 0 Å². The summed E-state index contributed by atoms with van der Waals surface area (Å²) in [7, 11) is 2.07. The molecule has 0 amide bonds. The van der Waals surface area contributed by atoms with Crippen LogP contribution < -0.4 is 0 Å². The van der Waals surface area contributed by atoms with Crippen LogP contribution in [0.15, 0.2) is 0 Å². The van der Waals surface area contributed by atoms with E-state index in [0.29, 0.717) is 11.7 Å². The van der Waals surface area contributed by atoms with Gasteiger partial charge in [-0.25, -0.2) is 0 Å². The number of hydrogen-bond donors (Lipinski definition) is 0. The smallest absolute Gasteiger partial charge is 0.155 e. The molecule has 0 aliphatic rings. The Balaban J connectivity index is 5.09. The van der Waals surface area contributed by atoms with Crippen LogP contribution in [0.4, 0.5) is 0 Å². The summed E-state index contributed by atoms with van der Waals surface area (Å²) in [4.78, 5) is 14.8. The number of carbonyl (C=O) groups is 1. The Hall–Kier alpha value is -0.370. The summed E-state index contributed by atoms with van der Waals surface area (Å²) in [6, 6.07) is 0.0231. The van der Waals surface area contributed by atoms with Gasteiger partial charge in [-0.15, -0.1) is 0 Å². The Morgan fingerprint density at radius 2 is 1.47 bits per heavy atom. The van der Waals surface area contributed by atoms with E-state index in [9.17, 15) is 4.79 Å². The molecule has 0 aromatic rings. The van der Waals surface area contributed by atoms with Crippen molar-refractivity contribution in [1.29, 1.82) is 0 Å². The summed E-state index contributed by atoms with van der Waals surface area (Å²) in [5, 5.41) is 0. The molecule has 0 aliphatic heterocycles. The summed E-state index contributed by atoms with van der Waals surface area (Å²) in [5.74, 6) is 0.889. The van der Waals surface area contributed by atoms with Gasteiger partial charge in [-0.1, -0.05) is 34.6 Å². The Labute approximate surface area is 108 Å². The van der Waals surface area contributed by atoms with Crippen LogP contribution in [0, 0.1) is 11.3 Å². The molecule has 0 spiro atoms. The molecule has 0 heterocycles. The molecular formula is C15H31NO. The normalized spacial score (nSPS) is 15.5. The van der Waals surface area contributed by atoms with E-state index in [1.165, 1.54) is 0 Å². The van der Waals surface area contributed by atoms with Crippen LogP contribution >= 0.6 is 0 Å². The maximum absolute atomic E-state index is 12.5. The van der Waals surface area contributed by atoms with E-state index in [0.717, 1.165) is 6.42 Å². The predicted octanol–water partition coefficient (Wildman–Crippen LogP) is 3.75. The molecule has 0 fully saturated rings. The highest BCUT2D eigenvalue weighted by atomic mass is 16.1. The van der Waals surface area contributed by atoms with Gasteiger partial charge in [-0.3, -0.25) is 9.69 Å². The van der Waals surface area contributed by atoms with Crippen LogP contribution in [0.1, 0.15) is 61.8 Å². The van der Waals surface area contributed by atoms with Gasteiger partial charge in [0.1, 0.15) is 0 Å². The molecule has 0 N–H and O–H groups in total. The molecule has 0 aromatic heterocycles. The molecule has 0 rings (SSSR count). The third kappa shape index (κ3) is 5.20. The number of likely N-dealkylation sites (N-methyl/N-ethyl adjacent to an activating group) is 1. The number of nitrogens with zero attached hydrogens (tertiary/aromatic N) is 1. The van der Waals surface area contributed by atoms with Gasteiger partial charge >= 0.3 is 0 Å². The van der Waals surface area contributed by atoms with E-state index < -0.39 is 0 Å². The monoisotopic (exact) mass is 241 g/mol. The molecule has 0 saturated heterocycles. The SMILES string of the molecule is CC(C)C[C@H](C(=O)C(C)(C)C)N(C)C(C)(C)C. The average molecular weight is 241 g/mol. The highest BCUT2D eigenvalue weighted by molar-refractivity contribution is 5.88. The fourth-order valence-electron chi connectivity index (χ4n) is 1.85. The molecule has 0 unspecified atom stereocenters. The lowest BCUT2D eigenvalue weighted by atomic mass is 9.82. The van der Waals surface area contributed by atoms with Gasteiger partial charge in [0.15, 0.2) is 5.78 Å². The van der Waals surface area contributed by atoms with Crippen LogP contribution in [-0.2, 0) is 4.79 Å². The van der Waals surface area contributed by atoms with Crippen molar-refractivity contribution in [2.24, 2.45) is 11.3 Å². The maximum atomic E-state index is 12.5. The minimum absolute atomic E-state index is 0.0231. The lowest BCUT2D eigenvalue weighted by molar-refractivity contribution is -0.134. The number of carbonyl (C=O) groups excluding carboxylic acids is 1. The second-order valence-electron chi connectivity index (χ2n) is 7.54. The third-order valence-electron chi connectivity index (χ3n) is 3.26. The van der Waals surface area contributed by atoms with Crippen LogP contribution in [0.2, 0.25) is 0 Å². The fraction of sp³-hybridized carbons (Fsp3) is 0.933. The standard InChI is InChI=1S/C15H31NO/c1-11(2)10-12(13(17)14(3,4)5)16(9)15(6,7)8/h11-12H,10H2,1-9H3/t12-/m1/s1. The van der Waals surface area contributed by atoms with Gasteiger partial charge in [0, 0.05) is 11.0 Å². The molecule has 0 bridgehead atoms. The summed E-state index contributed by atoms with van der Waals surface area (Å²) < 4.78 is 0. The molecule has 2 heteroatoms. The molecule has 102 valence electrons. The maximum Gasteiger partial charge on any atom is 0.155 e. The third-order valence-corrected chi connectivity index (χ3v) is 3.26. The number of hydrogen-bond acceptors (Lipinski definition) is 2. The van der Waals surface area contributed by atoms with E-state index in [4.69, 9.17) is 0 Å². The Kier molecular flexibility index (Phi) is 5.39. The highest BCUT2D eigenvalue weighted by Crippen LogP contribution is 2.27. The lowest BCUT2D eigenvalue weighted by Gasteiger charge is -2.41. The minimum atomic E-state index is -0.265. The Morgan fingerprint density at radius 3 is 1.71 bits per heavy atom. The van der Waals surface area contributed by atoms with Gasteiger partial charge in [-0.05, 0) is 40.2 Å². The largest absolute Gasteiger partial charge is 0.297 e. The van der Waals surface area contributed by atoms with Crippen molar-refractivity contribution in [3.05, 3.63) is 0 Å². The molecule has 1 atom stereocenters. The van der Waals surface area contributed by atoms with Gasteiger partial charge < -0.3 is 0 Å². The van der Waals surface area contributed by atoms with Crippen LogP contribution in [0.25, 0.3) is 0 Å². The van der Waals surface area contributed by atoms with Crippen molar-refractivity contribution in [3.8, 4) is 0 Å². The fourth-order valence-corrected chi connectivity index (χ4v) is 1.85. The zero-order chi connectivity index (χ0) is 14.0. The quantitative estimate of drug-likeness (QED) is 0.747. The Bertz CT molecular complexity index is 255. The predicted molar refractivity (Wildman–Crippen MR) is 75.2 cm³/mol. The number of ketones is 1. The number of rotatable bonds is 4. The molecule has 0 saturated carbocycles. The average Bonchev–Trinajstić information content (AvgIpc) is 2.08. The first-order chi connectivity index (χ1) is 7.37. The summed E-state index contributed by atoms with van der Waals surface area (Å²) >= 11 is 0. The van der Waals surface area contributed by atoms with Crippen molar-refractivity contribution in [2.75, 3.05) is 7.05 Å². The summed E-state index contributed by atoms with van der Waals surface area (Å²) in [5.41, 5.74) is -0.237.